The summed E-state index contributed by atoms with van der Waals surface area (Å²) in [5.74, 6) is 1.56. The first kappa shape index (κ1) is 22.4. The number of methoxy groups -OCH3 is 3. The van der Waals surface area contributed by atoms with Gasteiger partial charge in [-0.1, -0.05) is 12.1 Å². The molecule has 1 aromatic heterocycles. The third-order valence-corrected chi connectivity index (χ3v) is 5.82. The number of hydrogen-bond acceptors (Lipinski definition) is 6. The Morgan fingerprint density at radius 3 is 2.30 bits per heavy atom. The summed E-state index contributed by atoms with van der Waals surface area (Å²) >= 11 is 0. The number of benzene rings is 2. The van der Waals surface area contributed by atoms with Gasteiger partial charge in [-0.15, -0.1) is 0 Å². The molecule has 1 saturated heterocycles. The van der Waals surface area contributed by atoms with Crippen LogP contribution in [0.25, 0.3) is 11.0 Å². The third kappa shape index (κ3) is 4.57. The molecule has 33 heavy (non-hydrogen) atoms. The van der Waals surface area contributed by atoms with E-state index >= 15 is 0 Å². The summed E-state index contributed by atoms with van der Waals surface area (Å²) in [6, 6.07) is 10.8. The van der Waals surface area contributed by atoms with Crippen LogP contribution in [0, 0.1) is 0 Å². The molecule has 2 amide bonds. The molecule has 0 aliphatic carbocycles. The summed E-state index contributed by atoms with van der Waals surface area (Å²) < 4.78 is 17.9. The average Bonchev–Trinajstić information content (AvgIpc) is 3.50. The van der Waals surface area contributed by atoms with Gasteiger partial charge in [-0.2, -0.15) is 0 Å². The van der Waals surface area contributed by atoms with Gasteiger partial charge in [0.15, 0.2) is 11.5 Å². The van der Waals surface area contributed by atoms with Crippen molar-refractivity contribution in [2.45, 2.75) is 25.9 Å². The standard InChI is InChI=1S/C24H28N4O5/c1-31-19-12-16(13-20(32-2)23(19)33-3)24(30)25-14-21-26-17-8-4-5-9-18(17)28(21)15-22(29)27-10-6-7-11-27/h4-5,8-9,12-13H,6-7,10-11,14-15H2,1-3H3,(H,25,30). The van der Waals surface area contributed by atoms with Gasteiger partial charge < -0.3 is 29.0 Å². The molecule has 1 fully saturated rings. The number of likely N-dealkylation sites (tertiary alicyclic amines) is 1. The Bertz CT molecular complexity index is 1140. The van der Waals surface area contributed by atoms with E-state index in [1.807, 2.05) is 33.7 Å². The Labute approximate surface area is 192 Å². The van der Waals surface area contributed by atoms with Crippen molar-refractivity contribution in [3.8, 4) is 17.2 Å². The fourth-order valence-electron chi connectivity index (χ4n) is 4.11. The van der Waals surface area contributed by atoms with Crippen LogP contribution < -0.4 is 19.5 Å². The Balaban J connectivity index is 1.57. The van der Waals surface area contributed by atoms with Gasteiger partial charge in [-0.3, -0.25) is 9.59 Å². The van der Waals surface area contributed by atoms with Crippen molar-refractivity contribution in [1.29, 1.82) is 0 Å². The van der Waals surface area contributed by atoms with E-state index in [1.54, 1.807) is 12.1 Å². The fraction of sp³-hybridized carbons (Fsp3) is 0.375. The number of carbonyl (C=O) groups is 2. The van der Waals surface area contributed by atoms with Crippen molar-refractivity contribution in [1.82, 2.24) is 19.8 Å². The minimum atomic E-state index is -0.321. The summed E-state index contributed by atoms with van der Waals surface area (Å²) in [5, 5.41) is 2.90. The molecule has 1 aliphatic heterocycles. The molecule has 9 nitrogen and oxygen atoms in total. The van der Waals surface area contributed by atoms with Crippen LogP contribution >= 0.6 is 0 Å². The highest BCUT2D eigenvalue weighted by atomic mass is 16.5. The first-order chi connectivity index (χ1) is 16.0. The Kier molecular flexibility index (Phi) is 6.67. The van der Waals surface area contributed by atoms with Gasteiger partial charge in [-0.25, -0.2) is 4.98 Å². The zero-order valence-electron chi connectivity index (χ0n) is 19.1. The number of aromatic nitrogens is 2. The molecule has 0 atom stereocenters. The first-order valence-corrected chi connectivity index (χ1v) is 10.9. The van der Waals surface area contributed by atoms with Crippen LogP contribution in [0.15, 0.2) is 36.4 Å². The number of fused-ring (bicyclic) bond motifs is 1. The number of ether oxygens (including phenoxy) is 3. The number of amides is 2. The second-order valence-corrected chi connectivity index (χ2v) is 7.79. The van der Waals surface area contributed by atoms with Gasteiger partial charge in [-0.05, 0) is 37.1 Å². The van der Waals surface area contributed by atoms with Gasteiger partial charge in [0.2, 0.25) is 11.7 Å². The molecule has 0 saturated carbocycles. The highest BCUT2D eigenvalue weighted by Gasteiger charge is 2.22. The summed E-state index contributed by atoms with van der Waals surface area (Å²) in [4.78, 5) is 32.3. The van der Waals surface area contributed by atoms with Crippen molar-refractivity contribution in [2.75, 3.05) is 34.4 Å². The largest absolute Gasteiger partial charge is 0.493 e. The molecule has 1 aliphatic rings. The van der Waals surface area contributed by atoms with E-state index in [4.69, 9.17) is 14.2 Å². The van der Waals surface area contributed by atoms with E-state index in [2.05, 4.69) is 10.3 Å². The second-order valence-electron chi connectivity index (χ2n) is 7.79. The molecule has 3 aromatic rings. The lowest BCUT2D eigenvalue weighted by molar-refractivity contribution is -0.130. The maximum atomic E-state index is 12.9. The molecule has 0 spiro atoms. The van der Waals surface area contributed by atoms with Gasteiger partial charge in [0, 0.05) is 18.7 Å². The molecule has 4 rings (SSSR count). The molecule has 9 heteroatoms. The zero-order chi connectivity index (χ0) is 23.4. The predicted octanol–water partition coefficient (Wildman–Crippen LogP) is 2.61. The smallest absolute Gasteiger partial charge is 0.251 e. The number of para-hydroxylation sites is 2. The Morgan fingerprint density at radius 2 is 1.67 bits per heavy atom. The van der Waals surface area contributed by atoms with Gasteiger partial charge >= 0.3 is 0 Å². The van der Waals surface area contributed by atoms with Crippen LogP contribution in [-0.2, 0) is 17.9 Å². The zero-order valence-corrected chi connectivity index (χ0v) is 19.1. The average molecular weight is 453 g/mol. The molecule has 2 heterocycles. The van der Waals surface area contributed by atoms with Crippen LogP contribution in [0.5, 0.6) is 17.2 Å². The quantitative estimate of drug-likeness (QED) is 0.565. The lowest BCUT2D eigenvalue weighted by atomic mass is 10.1. The maximum absolute atomic E-state index is 12.9. The number of rotatable bonds is 8. The Hall–Kier alpha value is -3.75. The van der Waals surface area contributed by atoms with E-state index in [0.717, 1.165) is 37.0 Å². The topological polar surface area (TPSA) is 94.9 Å². The molecule has 1 N–H and O–H groups in total. The summed E-state index contributed by atoms with van der Waals surface area (Å²) in [7, 11) is 4.51. The van der Waals surface area contributed by atoms with Crippen molar-refractivity contribution < 1.29 is 23.8 Å². The van der Waals surface area contributed by atoms with Crippen LogP contribution in [0.4, 0.5) is 0 Å². The summed E-state index contributed by atoms with van der Waals surface area (Å²) in [5.41, 5.74) is 2.01. The predicted molar refractivity (Wildman–Crippen MR) is 123 cm³/mol. The molecular weight excluding hydrogens is 424 g/mol. The van der Waals surface area contributed by atoms with Crippen LogP contribution in [0.2, 0.25) is 0 Å². The molecule has 2 aromatic carbocycles. The third-order valence-electron chi connectivity index (χ3n) is 5.82. The number of imidazole rings is 1. The van der Waals surface area contributed by atoms with E-state index in [9.17, 15) is 9.59 Å². The van der Waals surface area contributed by atoms with E-state index in [0.29, 0.717) is 28.6 Å². The molecule has 0 unspecified atom stereocenters. The van der Waals surface area contributed by atoms with Crippen molar-refractivity contribution in [2.24, 2.45) is 0 Å². The minimum absolute atomic E-state index is 0.0628. The fourth-order valence-corrected chi connectivity index (χ4v) is 4.11. The van der Waals surface area contributed by atoms with Crippen molar-refractivity contribution in [3.63, 3.8) is 0 Å². The normalized spacial score (nSPS) is 13.2. The maximum Gasteiger partial charge on any atom is 0.251 e. The molecule has 174 valence electrons. The summed E-state index contributed by atoms with van der Waals surface area (Å²) in [6.45, 7) is 1.94. The van der Waals surface area contributed by atoms with Gasteiger partial charge in [0.1, 0.15) is 12.4 Å². The number of nitrogens with one attached hydrogen (secondary N) is 1. The minimum Gasteiger partial charge on any atom is -0.493 e. The highest BCUT2D eigenvalue weighted by Crippen LogP contribution is 2.38. The van der Waals surface area contributed by atoms with Crippen LogP contribution in [0.1, 0.15) is 29.0 Å². The van der Waals surface area contributed by atoms with Crippen molar-refractivity contribution in [3.05, 3.63) is 47.8 Å². The van der Waals surface area contributed by atoms with Crippen LogP contribution in [0.3, 0.4) is 0 Å². The first-order valence-electron chi connectivity index (χ1n) is 10.9. The van der Waals surface area contributed by atoms with E-state index in [-0.39, 0.29) is 24.9 Å². The van der Waals surface area contributed by atoms with Gasteiger partial charge in [0.05, 0.1) is 38.9 Å². The van der Waals surface area contributed by atoms with Gasteiger partial charge in [0.25, 0.3) is 5.91 Å². The highest BCUT2D eigenvalue weighted by molar-refractivity contribution is 5.95. The summed E-state index contributed by atoms with van der Waals surface area (Å²) in [6.07, 6.45) is 2.07. The second kappa shape index (κ2) is 9.81. The van der Waals surface area contributed by atoms with Crippen molar-refractivity contribution >= 4 is 22.8 Å². The lowest BCUT2D eigenvalue weighted by Gasteiger charge is -2.17. The molecule has 0 bridgehead atoms. The molecular formula is C24H28N4O5. The SMILES string of the molecule is COc1cc(C(=O)NCc2nc3ccccc3n2CC(=O)N2CCCC2)cc(OC)c1OC. The number of nitrogens with zero attached hydrogens (tertiary/aromatic N) is 3. The number of carbonyl (C=O) groups excluding carboxylic acids is 2. The molecule has 0 radical (unpaired) electrons. The number of hydrogen-bond donors (Lipinski definition) is 1. The van der Waals surface area contributed by atoms with Crippen LogP contribution in [-0.4, -0.2) is 60.7 Å². The lowest BCUT2D eigenvalue weighted by Crippen LogP contribution is -2.32. The van der Waals surface area contributed by atoms with E-state index in [1.165, 1.54) is 21.3 Å². The van der Waals surface area contributed by atoms with E-state index < -0.39 is 0 Å². The monoisotopic (exact) mass is 452 g/mol. The Morgan fingerprint density at radius 1 is 1.00 bits per heavy atom.